The molecule has 1 aliphatic heterocycles. The maximum absolute atomic E-state index is 4.87. The van der Waals surface area contributed by atoms with E-state index in [1.165, 1.54) is 38.5 Å². The second-order valence-electron chi connectivity index (χ2n) is 6.17. The highest BCUT2D eigenvalue weighted by Crippen LogP contribution is 2.39. The van der Waals surface area contributed by atoms with Crippen molar-refractivity contribution < 1.29 is 0 Å². The molecular formula is C16H26N4. The zero-order valence-corrected chi connectivity index (χ0v) is 12.7. The Balaban J connectivity index is 1.89. The molecule has 1 N–H and O–H groups in total. The van der Waals surface area contributed by atoms with Crippen LogP contribution in [-0.4, -0.2) is 29.1 Å². The quantitative estimate of drug-likeness (QED) is 0.911. The molecule has 1 aromatic rings. The Morgan fingerprint density at radius 2 is 2.05 bits per heavy atom. The predicted molar refractivity (Wildman–Crippen MR) is 83.4 cm³/mol. The van der Waals surface area contributed by atoms with Crippen LogP contribution in [0.5, 0.6) is 0 Å². The molecule has 110 valence electrons. The molecular weight excluding hydrogens is 248 g/mol. The summed E-state index contributed by atoms with van der Waals surface area (Å²) < 4.78 is 0. The summed E-state index contributed by atoms with van der Waals surface area (Å²) >= 11 is 0. The second kappa shape index (κ2) is 5.98. The lowest BCUT2D eigenvalue weighted by Crippen LogP contribution is -2.33. The standard InChI is InChI=1S/C16H26N4/c1-3-17-14-11-15(19-16(18-14)13-8-9-13)20-10-6-4-5-7-12(20)2/h11-13H,3-10H2,1-2H3,(H,17,18,19). The van der Waals surface area contributed by atoms with Gasteiger partial charge in [0.15, 0.2) is 0 Å². The van der Waals surface area contributed by atoms with Crippen LogP contribution < -0.4 is 10.2 Å². The molecule has 3 rings (SSSR count). The van der Waals surface area contributed by atoms with Gasteiger partial charge in [0.2, 0.25) is 0 Å². The summed E-state index contributed by atoms with van der Waals surface area (Å²) in [4.78, 5) is 12.0. The van der Waals surface area contributed by atoms with Crippen LogP contribution in [0.1, 0.15) is 64.1 Å². The van der Waals surface area contributed by atoms with Crippen LogP contribution in [0, 0.1) is 0 Å². The van der Waals surface area contributed by atoms with Crippen molar-refractivity contribution in [3.8, 4) is 0 Å². The van der Waals surface area contributed by atoms with Crippen LogP contribution >= 0.6 is 0 Å². The molecule has 0 radical (unpaired) electrons. The highest BCUT2D eigenvalue weighted by molar-refractivity contribution is 5.50. The predicted octanol–water partition coefficient (Wildman–Crippen LogP) is 3.55. The van der Waals surface area contributed by atoms with E-state index in [2.05, 4.69) is 35.1 Å². The van der Waals surface area contributed by atoms with Gasteiger partial charge in [-0.3, -0.25) is 0 Å². The SMILES string of the molecule is CCNc1cc(N2CCCCCC2C)nc(C2CC2)n1. The Bertz CT molecular complexity index is 456. The fraction of sp³-hybridized carbons (Fsp3) is 0.750. The van der Waals surface area contributed by atoms with Crippen molar-refractivity contribution in [2.45, 2.75) is 64.3 Å². The fourth-order valence-electron chi connectivity index (χ4n) is 3.01. The van der Waals surface area contributed by atoms with Crippen molar-refractivity contribution in [1.82, 2.24) is 9.97 Å². The molecule has 0 bridgehead atoms. The maximum atomic E-state index is 4.87. The van der Waals surface area contributed by atoms with Gasteiger partial charge in [-0.1, -0.05) is 12.8 Å². The average Bonchev–Trinajstić information content (AvgIpc) is 3.26. The summed E-state index contributed by atoms with van der Waals surface area (Å²) in [5.41, 5.74) is 0. The monoisotopic (exact) mass is 274 g/mol. The van der Waals surface area contributed by atoms with Crippen LogP contribution in [-0.2, 0) is 0 Å². The molecule has 1 aromatic heterocycles. The third-order valence-electron chi connectivity index (χ3n) is 4.38. The molecule has 4 nitrogen and oxygen atoms in total. The largest absolute Gasteiger partial charge is 0.370 e. The lowest BCUT2D eigenvalue weighted by atomic mass is 10.1. The number of nitrogens with one attached hydrogen (secondary N) is 1. The molecule has 0 aromatic carbocycles. The summed E-state index contributed by atoms with van der Waals surface area (Å²) in [6.45, 7) is 6.49. The molecule has 2 fully saturated rings. The Kier molecular flexibility index (Phi) is 4.08. The lowest BCUT2D eigenvalue weighted by molar-refractivity contribution is 0.609. The Morgan fingerprint density at radius 3 is 2.80 bits per heavy atom. The van der Waals surface area contributed by atoms with Crippen molar-refractivity contribution in [3.05, 3.63) is 11.9 Å². The van der Waals surface area contributed by atoms with Crippen molar-refractivity contribution >= 4 is 11.6 Å². The molecule has 20 heavy (non-hydrogen) atoms. The third-order valence-corrected chi connectivity index (χ3v) is 4.38. The Hall–Kier alpha value is -1.32. The highest BCUT2D eigenvalue weighted by atomic mass is 15.2. The molecule has 2 aliphatic rings. The molecule has 1 unspecified atom stereocenters. The van der Waals surface area contributed by atoms with Gasteiger partial charge in [0.05, 0.1) is 0 Å². The molecule has 0 amide bonds. The van der Waals surface area contributed by atoms with Crippen LogP contribution in [0.4, 0.5) is 11.6 Å². The number of anilines is 2. The Labute approximate surface area is 122 Å². The minimum absolute atomic E-state index is 0.592. The van der Waals surface area contributed by atoms with Gasteiger partial charge in [-0.2, -0.15) is 0 Å². The van der Waals surface area contributed by atoms with E-state index in [9.17, 15) is 0 Å². The van der Waals surface area contributed by atoms with Crippen molar-refractivity contribution in [3.63, 3.8) is 0 Å². The van der Waals surface area contributed by atoms with E-state index in [-0.39, 0.29) is 0 Å². The van der Waals surface area contributed by atoms with Crippen LogP contribution in [0.2, 0.25) is 0 Å². The summed E-state index contributed by atoms with van der Waals surface area (Å²) in [5.74, 6) is 3.78. The average molecular weight is 274 g/mol. The van der Waals surface area contributed by atoms with Gasteiger partial charge in [0.25, 0.3) is 0 Å². The first-order valence-electron chi connectivity index (χ1n) is 8.17. The van der Waals surface area contributed by atoms with Gasteiger partial charge >= 0.3 is 0 Å². The first-order valence-corrected chi connectivity index (χ1v) is 8.17. The summed E-state index contributed by atoms with van der Waals surface area (Å²) in [5, 5.41) is 3.36. The molecule has 1 aliphatic carbocycles. The zero-order valence-electron chi connectivity index (χ0n) is 12.7. The van der Waals surface area contributed by atoms with E-state index < -0.39 is 0 Å². The minimum Gasteiger partial charge on any atom is -0.370 e. The highest BCUT2D eigenvalue weighted by Gasteiger charge is 2.28. The summed E-state index contributed by atoms with van der Waals surface area (Å²) in [6, 6.07) is 2.73. The van der Waals surface area contributed by atoms with Crippen LogP contribution in [0.3, 0.4) is 0 Å². The van der Waals surface area contributed by atoms with Gasteiger partial charge in [-0.15, -0.1) is 0 Å². The molecule has 0 spiro atoms. The molecule has 1 saturated carbocycles. The zero-order chi connectivity index (χ0) is 13.9. The van der Waals surface area contributed by atoms with Crippen molar-refractivity contribution in [1.29, 1.82) is 0 Å². The summed E-state index contributed by atoms with van der Waals surface area (Å²) in [6.07, 6.45) is 7.76. The van der Waals surface area contributed by atoms with E-state index >= 15 is 0 Å². The summed E-state index contributed by atoms with van der Waals surface area (Å²) in [7, 11) is 0. The van der Waals surface area contributed by atoms with Gasteiger partial charge in [0, 0.05) is 31.1 Å². The minimum atomic E-state index is 0.592. The van der Waals surface area contributed by atoms with E-state index in [4.69, 9.17) is 4.98 Å². The number of rotatable bonds is 4. The van der Waals surface area contributed by atoms with Crippen molar-refractivity contribution in [2.75, 3.05) is 23.3 Å². The molecule has 1 saturated heterocycles. The Morgan fingerprint density at radius 1 is 1.20 bits per heavy atom. The lowest BCUT2D eigenvalue weighted by Gasteiger charge is -2.29. The van der Waals surface area contributed by atoms with E-state index in [0.717, 1.165) is 30.5 Å². The smallest absolute Gasteiger partial charge is 0.136 e. The first-order chi connectivity index (χ1) is 9.78. The third kappa shape index (κ3) is 3.05. The van der Waals surface area contributed by atoms with E-state index in [1.807, 2.05) is 0 Å². The van der Waals surface area contributed by atoms with Crippen molar-refractivity contribution in [2.24, 2.45) is 0 Å². The van der Waals surface area contributed by atoms with E-state index in [1.54, 1.807) is 0 Å². The second-order valence-corrected chi connectivity index (χ2v) is 6.17. The van der Waals surface area contributed by atoms with Gasteiger partial charge in [0.1, 0.15) is 17.5 Å². The number of nitrogens with zero attached hydrogens (tertiary/aromatic N) is 3. The number of hydrogen-bond acceptors (Lipinski definition) is 4. The topological polar surface area (TPSA) is 41.0 Å². The molecule has 2 heterocycles. The maximum Gasteiger partial charge on any atom is 0.136 e. The first kappa shape index (κ1) is 13.7. The van der Waals surface area contributed by atoms with Gasteiger partial charge in [-0.05, 0) is 39.5 Å². The normalized spacial score (nSPS) is 23.5. The number of aromatic nitrogens is 2. The molecule has 4 heteroatoms. The van der Waals surface area contributed by atoms with E-state index in [0.29, 0.717) is 12.0 Å². The fourth-order valence-corrected chi connectivity index (χ4v) is 3.01. The number of hydrogen-bond donors (Lipinski definition) is 1. The van der Waals surface area contributed by atoms with Gasteiger partial charge < -0.3 is 10.2 Å². The van der Waals surface area contributed by atoms with Crippen LogP contribution in [0.15, 0.2) is 6.07 Å². The van der Waals surface area contributed by atoms with Gasteiger partial charge in [-0.25, -0.2) is 9.97 Å². The molecule has 1 atom stereocenters. The van der Waals surface area contributed by atoms with Crippen LogP contribution in [0.25, 0.3) is 0 Å².